The molecule has 1 saturated carbocycles. The molecule has 1 aliphatic carbocycles. The van der Waals surface area contributed by atoms with Crippen LogP contribution in [0.5, 0.6) is 0 Å². The van der Waals surface area contributed by atoms with Gasteiger partial charge in [0.05, 0.1) is 0 Å². The first-order chi connectivity index (χ1) is 13.9. The van der Waals surface area contributed by atoms with Crippen molar-refractivity contribution in [1.29, 1.82) is 0 Å². The van der Waals surface area contributed by atoms with Crippen molar-refractivity contribution in [3.05, 3.63) is 39.6 Å². The van der Waals surface area contributed by atoms with Crippen molar-refractivity contribution in [3.8, 4) is 0 Å². The molecule has 0 unspecified atom stereocenters. The molecule has 156 valence electrons. The second-order valence-electron chi connectivity index (χ2n) is 7.33. The molecule has 0 atom stereocenters. The number of benzene rings is 1. The molecule has 1 aromatic heterocycles. The number of nitrogens with zero attached hydrogens (tertiary/aromatic N) is 4. The first kappa shape index (κ1) is 21.6. The fraction of sp³-hybridized carbons (Fsp3) is 0.500. The second-order valence-corrected chi connectivity index (χ2v) is 8.17. The lowest BCUT2D eigenvalue weighted by molar-refractivity contribution is -0.126. The molecule has 0 aliphatic heterocycles. The van der Waals surface area contributed by atoms with Crippen molar-refractivity contribution in [1.82, 2.24) is 20.3 Å². The molecule has 2 aromatic rings. The highest BCUT2D eigenvalue weighted by Crippen LogP contribution is 2.29. The number of halogens is 2. The van der Waals surface area contributed by atoms with Gasteiger partial charge in [-0.05, 0) is 50.3 Å². The smallest absolute Gasteiger partial charge is 0.230 e. The summed E-state index contributed by atoms with van der Waals surface area (Å²) in [7, 11) is 3.79. The highest BCUT2D eigenvalue weighted by Gasteiger charge is 2.29. The molecule has 7 nitrogen and oxygen atoms in total. The van der Waals surface area contributed by atoms with Crippen LogP contribution in [-0.2, 0) is 11.3 Å². The number of nitrogens with one attached hydrogen (secondary N) is 2. The first-order valence-corrected chi connectivity index (χ1v) is 10.5. The number of carbonyl (C=O) groups is 1. The zero-order chi connectivity index (χ0) is 21.0. The van der Waals surface area contributed by atoms with Crippen LogP contribution in [0.15, 0.2) is 18.2 Å². The summed E-state index contributed by atoms with van der Waals surface area (Å²) in [5.74, 6) is 1.99. The van der Waals surface area contributed by atoms with E-state index in [0.717, 1.165) is 31.2 Å². The van der Waals surface area contributed by atoms with E-state index in [1.165, 1.54) is 0 Å². The van der Waals surface area contributed by atoms with E-state index in [1.54, 1.807) is 19.2 Å². The Morgan fingerprint density at radius 1 is 1.17 bits per heavy atom. The third kappa shape index (κ3) is 5.48. The monoisotopic (exact) mass is 436 g/mol. The van der Waals surface area contributed by atoms with Gasteiger partial charge in [0.25, 0.3) is 0 Å². The van der Waals surface area contributed by atoms with Gasteiger partial charge < -0.3 is 15.5 Å². The number of carbonyl (C=O) groups excluding carboxylic acids is 1. The summed E-state index contributed by atoms with van der Waals surface area (Å²) >= 11 is 12.1. The maximum Gasteiger partial charge on any atom is 0.230 e. The number of hydrogen-bond acceptors (Lipinski definition) is 6. The molecule has 0 spiro atoms. The van der Waals surface area contributed by atoms with E-state index >= 15 is 0 Å². The van der Waals surface area contributed by atoms with Crippen LogP contribution in [0.3, 0.4) is 0 Å². The number of aromatic nitrogens is 3. The lowest BCUT2D eigenvalue weighted by Crippen LogP contribution is -2.40. The van der Waals surface area contributed by atoms with Crippen molar-refractivity contribution in [2.45, 2.75) is 45.2 Å². The Morgan fingerprint density at radius 3 is 2.55 bits per heavy atom. The quantitative estimate of drug-likeness (QED) is 0.715. The molecule has 3 rings (SSSR count). The predicted molar refractivity (Wildman–Crippen MR) is 117 cm³/mol. The minimum Gasteiger partial charge on any atom is -0.357 e. The van der Waals surface area contributed by atoms with E-state index in [2.05, 4.69) is 30.5 Å². The van der Waals surface area contributed by atoms with Gasteiger partial charge in [-0.2, -0.15) is 15.0 Å². The predicted octanol–water partition coefficient (Wildman–Crippen LogP) is 3.84. The summed E-state index contributed by atoms with van der Waals surface area (Å²) < 4.78 is 0. The Labute approximate surface area is 181 Å². The summed E-state index contributed by atoms with van der Waals surface area (Å²) in [6, 6.07) is 5.61. The van der Waals surface area contributed by atoms with Crippen LogP contribution >= 0.6 is 23.2 Å². The largest absolute Gasteiger partial charge is 0.357 e. The molecule has 1 aliphatic rings. The molecule has 1 aromatic carbocycles. The van der Waals surface area contributed by atoms with Gasteiger partial charge in [0.1, 0.15) is 5.82 Å². The lowest BCUT2D eigenvalue weighted by Gasteiger charge is -2.34. The van der Waals surface area contributed by atoms with Gasteiger partial charge in [0.15, 0.2) is 0 Å². The molecule has 1 heterocycles. The van der Waals surface area contributed by atoms with Gasteiger partial charge in [0, 0.05) is 42.6 Å². The molecule has 9 heteroatoms. The highest BCUT2D eigenvalue weighted by atomic mass is 35.5. The molecule has 2 N–H and O–H groups in total. The first-order valence-electron chi connectivity index (χ1n) is 9.72. The maximum atomic E-state index is 12.6. The third-order valence-corrected chi connectivity index (χ3v) is 5.94. The zero-order valence-electron chi connectivity index (χ0n) is 16.9. The average Bonchev–Trinajstić information content (AvgIpc) is 2.72. The van der Waals surface area contributed by atoms with E-state index in [1.807, 2.05) is 20.0 Å². The molecule has 29 heavy (non-hydrogen) atoms. The van der Waals surface area contributed by atoms with E-state index in [-0.39, 0.29) is 11.8 Å². The van der Waals surface area contributed by atoms with Crippen molar-refractivity contribution in [2.75, 3.05) is 24.3 Å². The SMILES string of the molecule is CNc1nc(C)nc(N(C)[C@H]2CC[C@@H](C(=O)NCc3ccc(Cl)cc3Cl)CC2)n1. The number of anilines is 2. The molecule has 0 bridgehead atoms. The zero-order valence-corrected chi connectivity index (χ0v) is 18.4. The Hall–Kier alpha value is -2.12. The van der Waals surface area contributed by atoms with Crippen molar-refractivity contribution < 1.29 is 4.79 Å². The molecular weight excluding hydrogens is 411 g/mol. The summed E-state index contributed by atoms with van der Waals surface area (Å²) in [6.07, 6.45) is 3.49. The van der Waals surface area contributed by atoms with Gasteiger partial charge in [-0.15, -0.1) is 0 Å². The number of aryl methyl sites for hydroxylation is 1. The average molecular weight is 437 g/mol. The van der Waals surface area contributed by atoms with Crippen LogP contribution in [0.2, 0.25) is 10.0 Å². The van der Waals surface area contributed by atoms with Crippen LogP contribution in [0, 0.1) is 12.8 Å². The van der Waals surface area contributed by atoms with Crippen molar-refractivity contribution in [3.63, 3.8) is 0 Å². The minimum absolute atomic E-state index is 0.0127. The number of amides is 1. The van der Waals surface area contributed by atoms with Gasteiger partial charge in [-0.25, -0.2) is 0 Å². The number of hydrogen-bond donors (Lipinski definition) is 2. The van der Waals surface area contributed by atoms with Crippen molar-refractivity contribution in [2.24, 2.45) is 5.92 Å². The standard InChI is InChI=1S/C20H26Cl2N6O/c1-12-25-19(23-2)27-20(26-12)28(3)16-8-5-13(6-9-16)18(29)24-11-14-4-7-15(21)10-17(14)22/h4,7,10,13,16H,5-6,8-9,11H2,1-3H3,(H,24,29)(H,23,25,26,27)/t13-,16+. The Morgan fingerprint density at radius 2 is 1.90 bits per heavy atom. The van der Waals surface area contributed by atoms with Crippen LogP contribution < -0.4 is 15.5 Å². The van der Waals surface area contributed by atoms with Gasteiger partial charge >= 0.3 is 0 Å². The van der Waals surface area contributed by atoms with Crippen LogP contribution in [0.4, 0.5) is 11.9 Å². The fourth-order valence-electron chi connectivity index (χ4n) is 3.62. The Balaban J connectivity index is 1.53. The highest BCUT2D eigenvalue weighted by molar-refractivity contribution is 6.35. The summed E-state index contributed by atoms with van der Waals surface area (Å²) in [5.41, 5.74) is 0.864. The van der Waals surface area contributed by atoms with Gasteiger partial charge in [-0.1, -0.05) is 29.3 Å². The number of rotatable bonds is 6. The van der Waals surface area contributed by atoms with E-state index in [0.29, 0.717) is 40.4 Å². The summed E-state index contributed by atoms with van der Waals surface area (Å²) in [4.78, 5) is 27.8. The van der Waals surface area contributed by atoms with Crippen LogP contribution in [0.1, 0.15) is 37.1 Å². The van der Waals surface area contributed by atoms with Crippen LogP contribution in [-0.4, -0.2) is 41.0 Å². The van der Waals surface area contributed by atoms with E-state index < -0.39 is 0 Å². The topological polar surface area (TPSA) is 83.0 Å². The molecular formula is C20H26Cl2N6O. The molecule has 1 fully saturated rings. The second kappa shape index (κ2) is 9.59. The van der Waals surface area contributed by atoms with E-state index in [4.69, 9.17) is 23.2 Å². The molecule has 1 amide bonds. The van der Waals surface area contributed by atoms with Crippen LogP contribution in [0.25, 0.3) is 0 Å². The molecule has 0 radical (unpaired) electrons. The molecule has 0 saturated heterocycles. The maximum absolute atomic E-state index is 12.6. The normalized spacial score (nSPS) is 18.9. The fourth-order valence-corrected chi connectivity index (χ4v) is 4.09. The summed E-state index contributed by atoms with van der Waals surface area (Å²) in [6.45, 7) is 2.26. The van der Waals surface area contributed by atoms with Gasteiger partial charge in [-0.3, -0.25) is 4.79 Å². The minimum atomic E-state index is 0.0127. The Bertz CT molecular complexity index is 870. The lowest BCUT2D eigenvalue weighted by atomic mass is 9.85. The Kier molecular flexibility index (Phi) is 7.14. The summed E-state index contributed by atoms with van der Waals surface area (Å²) in [5, 5.41) is 7.12. The van der Waals surface area contributed by atoms with E-state index in [9.17, 15) is 4.79 Å². The van der Waals surface area contributed by atoms with Crippen molar-refractivity contribution >= 4 is 41.0 Å². The third-order valence-electron chi connectivity index (χ3n) is 5.36. The van der Waals surface area contributed by atoms with Gasteiger partial charge in [0.2, 0.25) is 17.8 Å².